The maximum Gasteiger partial charge on any atom is 0.340 e. The number of nitrogens with one attached hydrogen (secondary N) is 1. The third-order valence-corrected chi connectivity index (χ3v) is 3.43. The van der Waals surface area contributed by atoms with Gasteiger partial charge in [-0.2, -0.15) is 0 Å². The van der Waals surface area contributed by atoms with E-state index in [0.29, 0.717) is 5.56 Å². The Bertz CT molecular complexity index is 796. The summed E-state index contributed by atoms with van der Waals surface area (Å²) in [4.78, 5) is 23.8. The first kappa shape index (κ1) is 16.8. The number of aliphatic hydroxyl groups excluding tert-OH is 2. The number of aliphatic hydroxyl groups is 2. The highest BCUT2D eigenvalue weighted by Gasteiger charge is 2.18. The number of aryl methyl sites for hydroxylation is 1. The summed E-state index contributed by atoms with van der Waals surface area (Å²) in [5, 5.41) is 39.8. The number of rotatable bonds is 5. The molecule has 0 bridgehead atoms. The van der Waals surface area contributed by atoms with Gasteiger partial charge in [0.2, 0.25) is 5.91 Å². The van der Waals surface area contributed by atoms with Crippen molar-refractivity contribution in [1.82, 2.24) is 5.32 Å². The van der Waals surface area contributed by atoms with Crippen molar-refractivity contribution in [2.75, 3.05) is 13.2 Å². The molecule has 8 nitrogen and oxygen atoms in total. The number of aromatic hydroxyl groups is 2. The highest BCUT2D eigenvalue weighted by Crippen LogP contribution is 2.32. The Morgan fingerprint density at radius 2 is 2.04 bits per heavy atom. The van der Waals surface area contributed by atoms with Crippen LogP contribution in [0.5, 0.6) is 11.5 Å². The number of hydrogen-bond acceptors (Lipinski definition) is 7. The van der Waals surface area contributed by atoms with Crippen LogP contribution >= 0.6 is 0 Å². The molecule has 1 heterocycles. The van der Waals surface area contributed by atoms with E-state index in [1.54, 1.807) is 6.92 Å². The fraction of sp³-hybridized carbons (Fsp3) is 0.333. The summed E-state index contributed by atoms with van der Waals surface area (Å²) in [5.41, 5.74) is -0.302. The number of fused-ring (bicyclic) bond motifs is 1. The van der Waals surface area contributed by atoms with Crippen molar-refractivity contribution in [3.05, 3.63) is 33.7 Å². The van der Waals surface area contributed by atoms with Crippen molar-refractivity contribution >= 4 is 16.9 Å². The van der Waals surface area contributed by atoms with Crippen LogP contribution in [0.4, 0.5) is 0 Å². The Balaban J connectivity index is 2.35. The van der Waals surface area contributed by atoms with Crippen LogP contribution in [0.3, 0.4) is 0 Å². The molecule has 1 aromatic heterocycles. The van der Waals surface area contributed by atoms with Crippen molar-refractivity contribution in [3.8, 4) is 11.5 Å². The van der Waals surface area contributed by atoms with E-state index in [-0.39, 0.29) is 41.0 Å². The zero-order valence-electron chi connectivity index (χ0n) is 12.4. The van der Waals surface area contributed by atoms with Gasteiger partial charge in [-0.25, -0.2) is 4.79 Å². The van der Waals surface area contributed by atoms with Crippen molar-refractivity contribution in [1.29, 1.82) is 0 Å². The van der Waals surface area contributed by atoms with Crippen molar-refractivity contribution in [3.63, 3.8) is 0 Å². The van der Waals surface area contributed by atoms with Crippen LogP contribution in [-0.4, -0.2) is 45.6 Å². The van der Waals surface area contributed by atoms with Crippen molar-refractivity contribution in [2.45, 2.75) is 19.4 Å². The third kappa shape index (κ3) is 3.61. The van der Waals surface area contributed by atoms with E-state index >= 15 is 0 Å². The summed E-state index contributed by atoms with van der Waals surface area (Å²) < 4.78 is 5.04. The second-order valence-electron chi connectivity index (χ2n) is 5.15. The highest BCUT2D eigenvalue weighted by atomic mass is 16.4. The van der Waals surface area contributed by atoms with E-state index in [9.17, 15) is 24.9 Å². The monoisotopic (exact) mass is 323 g/mol. The third-order valence-electron chi connectivity index (χ3n) is 3.43. The summed E-state index contributed by atoms with van der Waals surface area (Å²) in [7, 11) is 0. The minimum absolute atomic E-state index is 0.0184. The van der Waals surface area contributed by atoms with Crippen LogP contribution in [0.1, 0.15) is 11.1 Å². The predicted octanol–water partition coefficient (Wildman–Crippen LogP) is -0.475. The lowest BCUT2D eigenvalue weighted by atomic mass is 10.0. The molecule has 2 rings (SSSR count). The molecule has 1 atom stereocenters. The predicted molar refractivity (Wildman–Crippen MR) is 80.4 cm³/mol. The van der Waals surface area contributed by atoms with Gasteiger partial charge >= 0.3 is 5.63 Å². The van der Waals surface area contributed by atoms with Crippen LogP contribution in [0.2, 0.25) is 0 Å². The van der Waals surface area contributed by atoms with Crippen LogP contribution in [0, 0.1) is 6.92 Å². The molecule has 124 valence electrons. The molecule has 0 aliphatic heterocycles. The average molecular weight is 323 g/mol. The molecule has 0 saturated carbocycles. The second-order valence-corrected chi connectivity index (χ2v) is 5.15. The maximum atomic E-state index is 12.0. The lowest BCUT2D eigenvalue weighted by Crippen LogP contribution is -2.35. The first-order chi connectivity index (χ1) is 10.8. The number of phenolic OH excluding ortho intramolecular Hbond substituents is 2. The number of hydrogen-bond donors (Lipinski definition) is 5. The molecule has 0 saturated heterocycles. The molecule has 5 N–H and O–H groups in total. The van der Waals surface area contributed by atoms with Crippen LogP contribution in [0.15, 0.2) is 21.3 Å². The average Bonchev–Trinajstić information content (AvgIpc) is 2.47. The minimum atomic E-state index is -1.08. The van der Waals surface area contributed by atoms with Gasteiger partial charge in [0.05, 0.1) is 30.1 Å². The van der Waals surface area contributed by atoms with Gasteiger partial charge in [0.15, 0.2) is 0 Å². The SMILES string of the molecule is Cc1c(CC(=O)NC[C@H](O)CO)c(=O)oc2cc(O)cc(O)c12. The van der Waals surface area contributed by atoms with Gasteiger partial charge in [0.25, 0.3) is 0 Å². The Morgan fingerprint density at radius 3 is 2.70 bits per heavy atom. The van der Waals surface area contributed by atoms with Crippen LogP contribution in [-0.2, 0) is 11.2 Å². The normalized spacial score (nSPS) is 12.3. The number of phenols is 2. The second kappa shape index (κ2) is 6.67. The molecular weight excluding hydrogens is 306 g/mol. The van der Waals surface area contributed by atoms with E-state index in [1.165, 1.54) is 6.07 Å². The quantitative estimate of drug-likeness (QED) is 0.468. The van der Waals surface area contributed by atoms with E-state index in [0.717, 1.165) is 6.07 Å². The Hall–Kier alpha value is -2.58. The molecule has 0 unspecified atom stereocenters. The Kier molecular flexibility index (Phi) is 4.87. The topological polar surface area (TPSA) is 140 Å². The fourth-order valence-corrected chi connectivity index (χ4v) is 2.23. The zero-order chi connectivity index (χ0) is 17.1. The first-order valence-corrected chi connectivity index (χ1v) is 6.87. The number of carbonyl (C=O) groups is 1. The van der Waals surface area contributed by atoms with E-state index in [1.807, 2.05) is 0 Å². The summed E-state index contributed by atoms with van der Waals surface area (Å²) in [6.45, 7) is 0.919. The van der Waals surface area contributed by atoms with E-state index in [4.69, 9.17) is 9.52 Å². The van der Waals surface area contributed by atoms with Crippen LogP contribution < -0.4 is 10.9 Å². The molecule has 0 radical (unpaired) electrons. The van der Waals surface area contributed by atoms with Gasteiger partial charge in [0, 0.05) is 18.7 Å². The summed E-state index contributed by atoms with van der Waals surface area (Å²) >= 11 is 0. The number of benzene rings is 1. The lowest BCUT2D eigenvalue weighted by molar-refractivity contribution is -0.121. The van der Waals surface area contributed by atoms with Gasteiger partial charge < -0.3 is 30.2 Å². The van der Waals surface area contributed by atoms with E-state index < -0.39 is 24.2 Å². The van der Waals surface area contributed by atoms with Gasteiger partial charge in [-0.3, -0.25) is 4.79 Å². The molecule has 0 aliphatic carbocycles. The van der Waals surface area contributed by atoms with Crippen LogP contribution in [0.25, 0.3) is 11.0 Å². The molecule has 0 fully saturated rings. The maximum absolute atomic E-state index is 12.0. The number of carbonyl (C=O) groups excluding carboxylic acids is 1. The molecule has 0 aliphatic rings. The highest BCUT2D eigenvalue weighted by molar-refractivity contribution is 5.89. The van der Waals surface area contributed by atoms with Crippen molar-refractivity contribution in [2.24, 2.45) is 0 Å². The standard InChI is InChI=1S/C15H17NO7/c1-7-10(4-13(21)16-5-9(19)6-17)15(22)23-12-3-8(18)2-11(20)14(7)12/h2-3,9,17-20H,4-6H2,1H3,(H,16,21)/t9-/m0/s1. The smallest absolute Gasteiger partial charge is 0.340 e. The molecule has 1 amide bonds. The Labute approximate surface area is 130 Å². The molecule has 2 aromatic rings. The summed E-state index contributed by atoms with van der Waals surface area (Å²) in [5.74, 6) is -1.05. The van der Waals surface area contributed by atoms with Gasteiger partial charge in [0.1, 0.15) is 17.1 Å². The lowest BCUT2D eigenvalue weighted by Gasteiger charge is -2.11. The number of amides is 1. The largest absolute Gasteiger partial charge is 0.508 e. The molecule has 8 heteroatoms. The zero-order valence-corrected chi connectivity index (χ0v) is 12.4. The summed E-state index contributed by atoms with van der Waals surface area (Å²) in [6.07, 6.45) is -1.39. The summed E-state index contributed by atoms with van der Waals surface area (Å²) in [6, 6.07) is 2.31. The van der Waals surface area contributed by atoms with Gasteiger partial charge in [-0.15, -0.1) is 0 Å². The molecular formula is C15H17NO7. The molecule has 0 spiro atoms. The van der Waals surface area contributed by atoms with E-state index in [2.05, 4.69) is 5.32 Å². The van der Waals surface area contributed by atoms with Gasteiger partial charge in [-0.1, -0.05) is 0 Å². The van der Waals surface area contributed by atoms with Crippen molar-refractivity contribution < 1.29 is 29.6 Å². The molecule has 1 aromatic carbocycles. The van der Waals surface area contributed by atoms with Gasteiger partial charge in [-0.05, 0) is 12.5 Å². The fourth-order valence-electron chi connectivity index (χ4n) is 2.23. The minimum Gasteiger partial charge on any atom is -0.508 e. The Morgan fingerprint density at radius 1 is 1.35 bits per heavy atom. The molecule has 23 heavy (non-hydrogen) atoms. The first-order valence-electron chi connectivity index (χ1n) is 6.87.